The largest absolute Gasteiger partial charge is 0.339 e. The van der Waals surface area contributed by atoms with Crippen molar-refractivity contribution in [2.45, 2.75) is 16.8 Å². The topological polar surface area (TPSA) is 60.9 Å². The molecule has 3 aromatic carbocycles. The summed E-state index contributed by atoms with van der Waals surface area (Å²) in [6.45, 7) is 3.39. The molecule has 2 bridgehead atoms. The van der Waals surface area contributed by atoms with Crippen LogP contribution in [0.5, 0.6) is 0 Å². The van der Waals surface area contributed by atoms with Crippen LogP contribution < -0.4 is 0 Å². The highest BCUT2D eigenvalue weighted by molar-refractivity contribution is 9.09. The van der Waals surface area contributed by atoms with Crippen molar-refractivity contribution in [3.8, 4) is 0 Å². The minimum absolute atomic E-state index is 0.157. The lowest BCUT2D eigenvalue weighted by molar-refractivity contribution is -0.147. The molecule has 0 N–H and O–H groups in total. The smallest absolute Gasteiger partial charge is 0.242 e. The van der Waals surface area contributed by atoms with Crippen LogP contribution in [0.15, 0.2) is 78.9 Å². The highest BCUT2D eigenvalue weighted by atomic mass is 79.9. The summed E-state index contributed by atoms with van der Waals surface area (Å²) < 4.78 is -0.785. The average molecular weight is 570 g/mol. The Morgan fingerprint density at radius 2 is 1.37 bits per heavy atom. The standard InChI is InChI=1S/C31H28BrN3O3/c32-31-23-12-6-4-10-21(23)26(22-11-5-7-13-24(22)31)27-28(31)30(38)35(29(27)37)19-25(36)34-16-14-33(15-17-34)18-20-8-2-1-3-9-20/h1-13,26-28H,14-19H2/t26?,27-,28+,31?/m1/s1. The molecule has 0 spiro atoms. The molecule has 3 aliphatic carbocycles. The van der Waals surface area contributed by atoms with Gasteiger partial charge in [-0.3, -0.25) is 24.2 Å². The average Bonchev–Trinajstić information content (AvgIpc) is 3.20. The van der Waals surface area contributed by atoms with E-state index < -0.39 is 16.2 Å². The normalized spacial score (nSPS) is 27.8. The van der Waals surface area contributed by atoms with E-state index >= 15 is 0 Å². The minimum Gasteiger partial charge on any atom is -0.339 e. The molecule has 6 nitrogen and oxygen atoms in total. The predicted molar refractivity (Wildman–Crippen MR) is 146 cm³/mol. The van der Waals surface area contributed by atoms with Crippen LogP contribution in [0.2, 0.25) is 0 Å². The summed E-state index contributed by atoms with van der Waals surface area (Å²) in [4.78, 5) is 46.6. The van der Waals surface area contributed by atoms with Crippen LogP contribution in [0.1, 0.15) is 33.7 Å². The molecule has 7 heteroatoms. The predicted octanol–water partition coefficient (Wildman–Crippen LogP) is 3.73. The van der Waals surface area contributed by atoms with Gasteiger partial charge in [-0.05, 0) is 27.8 Å². The molecule has 0 radical (unpaired) electrons. The van der Waals surface area contributed by atoms with Crippen LogP contribution in [0.25, 0.3) is 0 Å². The molecular weight excluding hydrogens is 542 g/mol. The maximum atomic E-state index is 13.9. The van der Waals surface area contributed by atoms with E-state index in [2.05, 4.69) is 57.2 Å². The molecule has 5 aliphatic rings. The Hall–Kier alpha value is -3.29. The summed E-state index contributed by atoms with van der Waals surface area (Å²) in [5, 5.41) is 0. The third-order valence-corrected chi connectivity index (χ3v) is 10.2. The Morgan fingerprint density at radius 3 is 2.00 bits per heavy atom. The van der Waals surface area contributed by atoms with Crippen molar-refractivity contribution in [2.24, 2.45) is 11.8 Å². The van der Waals surface area contributed by atoms with Gasteiger partial charge >= 0.3 is 0 Å². The zero-order chi connectivity index (χ0) is 26.0. The fourth-order valence-corrected chi connectivity index (χ4v) is 8.33. The second-order valence-electron chi connectivity index (χ2n) is 10.8. The number of benzene rings is 3. The first-order valence-corrected chi connectivity index (χ1v) is 14.0. The summed E-state index contributed by atoms with van der Waals surface area (Å²) >= 11 is 4.01. The number of carbonyl (C=O) groups is 3. The van der Waals surface area contributed by atoms with E-state index in [1.54, 1.807) is 4.90 Å². The molecule has 192 valence electrons. The highest BCUT2D eigenvalue weighted by Gasteiger charge is 2.67. The molecular formula is C31H28BrN3O3. The molecule has 2 aliphatic heterocycles. The zero-order valence-electron chi connectivity index (χ0n) is 20.9. The van der Waals surface area contributed by atoms with Crippen molar-refractivity contribution in [3.05, 3.63) is 107 Å². The third-order valence-electron chi connectivity index (χ3n) is 8.87. The van der Waals surface area contributed by atoms with Crippen molar-refractivity contribution < 1.29 is 14.4 Å². The fourth-order valence-electron chi connectivity index (χ4n) is 7.13. The maximum Gasteiger partial charge on any atom is 0.242 e. The number of piperazine rings is 1. The van der Waals surface area contributed by atoms with Gasteiger partial charge in [0.1, 0.15) is 6.54 Å². The van der Waals surface area contributed by atoms with Crippen LogP contribution >= 0.6 is 15.9 Å². The van der Waals surface area contributed by atoms with Crippen molar-refractivity contribution in [1.82, 2.24) is 14.7 Å². The van der Waals surface area contributed by atoms with Gasteiger partial charge in [-0.15, -0.1) is 0 Å². The monoisotopic (exact) mass is 569 g/mol. The van der Waals surface area contributed by atoms with Crippen LogP contribution in [-0.4, -0.2) is 65.1 Å². The number of amides is 3. The van der Waals surface area contributed by atoms with Gasteiger partial charge in [0, 0.05) is 38.6 Å². The third kappa shape index (κ3) is 3.38. The molecule has 2 saturated heterocycles. The van der Waals surface area contributed by atoms with E-state index in [-0.39, 0.29) is 30.2 Å². The molecule has 8 rings (SSSR count). The molecule has 0 aromatic heterocycles. The number of nitrogens with zero attached hydrogens (tertiary/aromatic N) is 3. The zero-order valence-corrected chi connectivity index (χ0v) is 22.5. The van der Waals surface area contributed by atoms with E-state index in [0.717, 1.165) is 41.9 Å². The fraction of sp³-hybridized carbons (Fsp3) is 0.323. The summed E-state index contributed by atoms with van der Waals surface area (Å²) in [5.74, 6) is -1.90. The lowest BCUT2D eigenvalue weighted by atomic mass is 9.55. The maximum absolute atomic E-state index is 13.9. The number of imide groups is 1. The minimum atomic E-state index is -0.785. The summed E-state index contributed by atoms with van der Waals surface area (Å²) in [6, 6.07) is 26.5. The van der Waals surface area contributed by atoms with Gasteiger partial charge in [-0.1, -0.05) is 94.8 Å². The lowest BCUT2D eigenvalue weighted by Crippen LogP contribution is -2.51. The van der Waals surface area contributed by atoms with Crippen molar-refractivity contribution in [3.63, 3.8) is 0 Å². The highest BCUT2D eigenvalue weighted by Crippen LogP contribution is 2.66. The number of carbonyl (C=O) groups excluding carboxylic acids is 3. The van der Waals surface area contributed by atoms with E-state index in [1.807, 2.05) is 42.5 Å². The molecule has 2 heterocycles. The van der Waals surface area contributed by atoms with Crippen LogP contribution in [0.3, 0.4) is 0 Å². The van der Waals surface area contributed by atoms with E-state index in [1.165, 1.54) is 10.5 Å². The number of halogens is 1. The van der Waals surface area contributed by atoms with Gasteiger partial charge in [0.25, 0.3) is 0 Å². The van der Waals surface area contributed by atoms with Gasteiger partial charge in [0.15, 0.2) is 0 Å². The van der Waals surface area contributed by atoms with Gasteiger partial charge in [-0.2, -0.15) is 0 Å². The SMILES string of the molecule is O=C(CN1C(=O)[C@@H]2C3c4ccccc4C(Br)(c4ccccc43)[C@@H]2C1=O)N1CCN(Cc2ccccc2)CC1. The Morgan fingerprint density at radius 1 is 0.789 bits per heavy atom. The second kappa shape index (κ2) is 8.89. The Labute approximate surface area is 230 Å². The first-order chi connectivity index (χ1) is 18.5. The molecule has 0 unspecified atom stereocenters. The van der Waals surface area contributed by atoms with Crippen LogP contribution in [-0.2, 0) is 25.3 Å². The number of likely N-dealkylation sites (tertiary alicyclic amines) is 1. The number of hydrogen-bond acceptors (Lipinski definition) is 4. The van der Waals surface area contributed by atoms with Gasteiger partial charge in [-0.25, -0.2) is 0 Å². The Balaban J connectivity index is 1.11. The van der Waals surface area contributed by atoms with E-state index in [4.69, 9.17) is 0 Å². The summed E-state index contributed by atoms with van der Waals surface area (Å²) in [7, 11) is 0. The van der Waals surface area contributed by atoms with Crippen LogP contribution in [0.4, 0.5) is 0 Å². The quantitative estimate of drug-likeness (QED) is 0.355. The molecule has 2 atom stereocenters. The molecule has 0 saturated carbocycles. The number of hydrogen-bond donors (Lipinski definition) is 0. The van der Waals surface area contributed by atoms with Gasteiger partial charge in [0.05, 0.1) is 16.2 Å². The van der Waals surface area contributed by atoms with E-state index in [0.29, 0.717) is 13.1 Å². The van der Waals surface area contributed by atoms with Crippen molar-refractivity contribution >= 4 is 33.7 Å². The molecule has 3 aromatic rings. The van der Waals surface area contributed by atoms with Gasteiger partial charge < -0.3 is 4.90 Å². The second-order valence-corrected chi connectivity index (χ2v) is 12.0. The van der Waals surface area contributed by atoms with Crippen molar-refractivity contribution in [2.75, 3.05) is 32.7 Å². The summed E-state index contributed by atoms with van der Waals surface area (Å²) in [6.07, 6.45) is 0. The van der Waals surface area contributed by atoms with E-state index in [9.17, 15) is 14.4 Å². The Bertz CT molecular complexity index is 1400. The van der Waals surface area contributed by atoms with Gasteiger partial charge in [0.2, 0.25) is 17.7 Å². The van der Waals surface area contributed by atoms with Crippen LogP contribution in [0, 0.1) is 11.8 Å². The molecule has 38 heavy (non-hydrogen) atoms. The Kier molecular flexibility index (Phi) is 5.57. The molecule has 2 fully saturated rings. The first-order valence-electron chi connectivity index (χ1n) is 13.3. The number of alkyl halides is 1. The first kappa shape index (κ1) is 23.8. The number of rotatable bonds is 4. The van der Waals surface area contributed by atoms with Crippen molar-refractivity contribution in [1.29, 1.82) is 0 Å². The molecule has 3 amide bonds. The lowest BCUT2D eigenvalue weighted by Gasteiger charge is -2.51. The summed E-state index contributed by atoms with van der Waals surface area (Å²) in [5.41, 5.74) is 5.53.